The molecule has 1 saturated carbocycles. The Morgan fingerprint density at radius 3 is 2.65 bits per heavy atom. The number of hydrogen-bond acceptors (Lipinski definition) is 3. The lowest BCUT2D eigenvalue weighted by molar-refractivity contribution is -0.132. The molecule has 0 spiro atoms. The quantitative estimate of drug-likeness (QED) is 0.827. The molecule has 0 atom stereocenters. The minimum absolute atomic E-state index is 0.0224. The molecule has 0 bridgehead atoms. The van der Waals surface area contributed by atoms with Crippen LogP contribution in [0, 0.1) is 0 Å². The molecule has 1 amide bonds. The van der Waals surface area contributed by atoms with Crippen LogP contribution in [-0.2, 0) is 4.79 Å². The van der Waals surface area contributed by atoms with E-state index in [1.165, 1.54) is 0 Å². The Labute approximate surface area is 101 Å². The molecule has 0 unspecified atom stereocenters. The summed E-state index contributed by atoms with van der Waals surface area (Å²) in [7, 11) is 1.77. The Balaban J connectivity index is 1.73. The van der Waals surface area contributed by atoms with E-state index in [9.17, 15) is 4.79 Å². The average molecular weight is 234 g/mol. The van der Waals surface area contributed by atoms with Crippen molar-refractivity contribution in [2.24, 2.45) is 5.73 Å². The molecule has 17 heavy (non-hydrogen) atoms. The monoisotopic (exact) mass is 234 g/mol. The Morgan fingerprint density at radius 1 is 1.41 bits per heavy atom. The first-order valence-corrected chi connectivity index (χ1v) is 5.84. The number of ether oxygens (including phenoxy) is 1. The highest BCUT2D eigenvalue weighted by Crippen LogP contribution is 2.33. The lowest BCUT2D eigenvalue weighted by Gasteiger charge is -2.20. The average Bonchev–Trinajstić information content (AvgIpc) is 3.09. The fourth-order valence-corrected chi connectivity index (χ4v) is 1.65. The van der Waals surface area contributed by atoms with Crippen molar-refractivity contribution >= 4 is 5.91 Å². The number of para-hydroxylation sites is 1. The summed E-state index contributed by atoms with van der Waals surface area (Å²) in [4.78, 5) is 13.5. The van der Waals surface area contributed by atoms with Gasteiger partial charge in [0.25, 0.3) is 0 Å². The van der Waals surface area contributed by atoms with Crippen molar-refractivity contribution in [2.45, 2.75) is 18.4 Å². The van der Waals surface area contributed by atoms with Gasteiger partial charge in [0.15, 0.2) is 0 Å². The highest BCUT2D eigenvalue weighted by molar-refractivity contribution is 5.88. The Morgan fingerprint density at radius 2 is 2.06 bits per heavy atom. The molecule has 4 nitrogen and oxygen atoms in total. The third-order valence-corrected chi connectivity index (χ3v) is 3.00. The third-order valence-electron chi connectivity index (χ3n) is 3.00. The lowest BCUT2D eigenvalue weighted by atomic mass is 10.2. The zero-order valence-electron chi connectivity index (χ0n) is 10.1. The van der Waals surface area contributed by atoms with E-state index in [1.807, 2.05) is 30.3 Å². The van der Waals surface area contributed by atoms with Gasteiger partial charge >= 0.3 is 0 Å². The molecule has 4 heteroatoms. The van der Waals surface area contributed by atoms with Crippen molar-refractivity contribution in [1.29, 1.82) is 0 Å². The molecule has 0 saturated heterocycles. The largest absolute Gasteiger partial charge is 0.492 e. The summed E-state index contributed by atoms with van der Waals surface area (Å²) in [5.41, 5.74) is 5.26. The number of amides is 1. The van der Waals surface area contributed by atoms with Gasteiger partial charge in [-0.1, -0.05) is 18.2 Å². The standard InChI is InChI=1S/C13H18N2O2/c1-15(12(16)13(14)7-8-13)9-10-17-11-5-3-2-4-6-11/h2-6H,7-10,14H2,1H3. The first-order valence-electron chi connectivity index (χ1n) is 5.84. The van der Waals surface area contributed by atoms with Crippen LogP contribution in [0.3, 0.4) is 0 Å². The maximum absolute atomic E-state index is 11.8. The predicted octanol–water partition coefficient (Wildman–Crippen LogP) is 1.02. The van der Waals surface area contributed by atoms with Crippen molar-refractivity contribution in [2.75, 3.05) is 20.2 Å². The molecule has 2 N–H and O–H groups in total. The predicted molar refractivity (Wildman–Crippen MR) is 65.7 cm³/mol. The smallest absolute Gasteiger partial charge is 0.242 e. The van der Waals surface area contributed by atoms with Crippen LogP contribution in [0.5, 0.6) is 5.75 Å². The summed E-state index contributed by atoms with van der Waals surface area (Å²) in [5.74, 6) is 0.844. The molecule has 0 aromatic heterocycles. The van der Waals surface area contributed by atoms with Crippen LogP contribution < -0.4 is 10.5 Å². The molecule has 0 aliphatic heterocycles. The van der Waals surface area contributed by atoms with E-state index in [0.29, 0.717) is 13.2 Å². The van der Waals surface area contributed by atoms with Gasteiger partial charge in [-0.3, -0.25) is 4.79 Å². The van der Waals surface area contributed by atoms with Crippen LogP contribution in [0.1, 0.15) is 12.8 Å². The summed E-state index contributed by atoms with van der Waals surface area (Å²) >= 11 is 0. The molecule has 92 valence electrons. The van der Waals surface area contributed by atoms with E-state index in [4.69, 9.17) is 10.5 Å². The minimum atomic E-state index is -0.582. The van der Waals surface area contributed by atoms with Gasteiger partial charge < -0.3 is 15.4 Å². The van der Waals surface area contributed by atoms with E-state index < -0.39 is 5.54 Å². The fourth-order valence-electron chi connectivity index (χ4n) is 1.65. The number of nitrogens with two attached hydrogens (primary N) is 1. The zero-order chi connectivity index (χ0) is 12.3. The maximum atomic E-state index is 11.8. The minimum Gasteiger partial charge on any atom is -0.492 e. The van der Waals surface area contributed by atoms with Crippen LogP contribution >= 0.6 is 0 Å². The molecule has 1 fully saturated rings. The highest BCUT2D eigenvalue weighted by atomic mass is 16.5. The third kappa shape index (κ3) is 2.97. The molecular weight excluding hydrogens is 216 g/mol. The van der Waals surface area contributed by atoms with Crippen LogP contribution in [0.2, 0.25) is 0 Å². The van der Waals surface area contributed by atoms with Crippen molar-refractivity contribution < 1.29 is 9.53 Å². The summed E-state index contributed by atoms with van der Waals surface area (Å²) in [6.07, 6.45) is 1.60. The number of benzene rings is 1. The van der Waals surface area contributed by atoms with E-state index in [0.717, 1.165) is 18.6 Å². The molecule has 1 aliphatic rings. The molecule has 0 heterocycles. The normalized spacial score (nSPS) is 16.4. The molecule has 1 aromatic carbocycles. The van der Waals surface area contributed by atoms with Gasteiger partial charge in [-0.15, -0.1) is 0 Å². The lowest BCUT2D eigenvalue weighted by Crippen LogP contribution is -2.45. The van der Waals surface area contributed by atoms with Gasteiger partial charge in [-0.05, 0) is 25.0 Å². The zero-order valence-corrected chi connectivity index (χ0v) is 10.1. The first kappa shape index (κ1) is 11.9. The van der Waals surface area contributed by atoms with E-state index in [1.54, 1.807) is 11.9 Å². The fraction of sp³-hybridized carbons (Fsp3) is 0.462. The van der Waals surface area contributed by atoms with Gasteiger partial charge in [0.05, 0.1) is 12.1 Å². The highest BCUT2D eigenvalue weighted by Gasteiger charge is 2.47. The summed E-state index contributed by atoms with van der Waals surface area (Å²) in [6, 6.07) is 9.57. The molecule has 0 radical (unpaired) electrons. The van der Waals surface area contributed by atoms with Gasteiger partial charge in [0, 0.05) is 7.05 Å². The Bertz CT molecular complexity index is 388. The summed E-state index contributed by atoms with van der Waals surface area (Å²) in [5, 5.41) is 0. The van der Waals surface area contributed by atoms with Crippen LogP contribution in [0.4, 0.5) is 0 Å². The Kier molecular flexibility index (Phi) is 3.33. The molecule has 1 aliphatic carbocycles. The Hall–Kier alpha value is -1.55. The topological polar surface area (TPSA) is 55.6 Å². The second-order valence-electron chi connectivity index (χ2n) is 4.54. The van der Waals surface area contributed by atoms with E-state index in [-0.39, 0.29) is 5.91 Å². The van der Waals surface area contributed by atoms with Crippen molar-refractivity contribution in [3.8, 4) is 5.75 Å². The summed E-state index contributed by atoms with van der Waals surface area (Å²) in [6.45, 7) is 1.05. The van der Waals surface area contributed by atoms with Crippen molar-refractivity contribution in [3.63, 3.8) is 0 Å². The van der Waals surface area contributed by atoms with Crippen LogP contribution in [0.15, 0.2) is 30.3 Å². The molecule has 2 rings (SSSR count). The maximum Gasteiger partial charge on any atom is 0.242 e. The number of carbonyl (C=O) groups is 1. The van der Waals surface area contributed by atoms with Crippen molar-refractivity contribution in [3.05, 3.63) is 30.3 Å². The van der Waals surface area contributed by atoms with E-state index >= 15 is 0 Å². The number of nitrogens with zero attached hydrogens (tertiary/aromatic N) is 1. The van der Waals surface area contributed by atoms with Gasteiger partial charge in [0.1, 0.15) is 12.4 Å². The molecule has 1 aromatic rings. The SMILES string of the molecule is CN(CCOc1ccccc1)C(=O)C1(N)CC1. The number of hydrogen-bond donors (Lipinski definition) is 1. The van der Waals surface area contributed by atoms with Crippen LogP contribution in [-0.4, -0.2) is 36.5 Å². The second-order valence-corrected chi connectivity index (χ2v) is 4.54. The van der Waals surface area contributed by atoms with Gasteiger partial charge in [-0.2, -0.15) is 0 Å². The summed E-state index contributed by atoms with van der Waals surface area (Å²) < 4.78 is 5.53. The van der Waals surface area contributed by atoms with E-state index in [2.05, 4.69) is 0 Å². The first-order chi connectivity index (χ1) is 8.12. The second kappa shape index (κ2) is 4.75. The van der Waals surface area contributed by atoms with Crippen LogP contribution in [0.25, 0.3) is 0 Å². The van der Waals surface area contributed by atoms with Gasteiger partial charge in [0.2, 0.25) is 5.91 Å². The number of rotatable bonds is 5. The number of carbonyl (C=O) groups excluding carboxylic acids is 1. The van der Waals surface area contributed by atoms with Gasteiger partial charge in [-0.25, -0.2) is 0 Å². The van der Waals surface area contributed by atoms with Crippen molar-refractivity contribution in [1.82, 2.24) is 4.90 Å². The number of likely N-dealkylation sites (N-methyl/N-ethyl adjacent to an activating group) is 1. The molecular formula is C13H18N2O2.